The Balaban J connectivity index is 1.40. The second-order valence-electron chi connectivity index (χ2n) is 8.64. The summed E-state index contributed by atoms with van der Waals surface area (Å²) in [5, 5.41) is 15.3. The average molecular weight is 494 g/mol. The van der Waals surface area contributed by atoms with Crippen molar-refractivity contribution in [2.45, 2.75) is 18.5 Å². The molecule has 0 bridgehead atoms. The van der Waals surface area contributed by atoms with E-state index < -0.39 is 4.92 Å². The third kappa shape index (κ3) is 5.19. The fraction of sp³-hybridized carbons (Fsp3) is 0.360. The van der Waals surface area contributed by atoms with Gasteiger partial charge in [-0.3, -0.25) is 20.0 Å². The smallest absolute Gasteiger partial charge is 0.270 e. The Morgan fingerprint density at radius 2 is 1.97 bits per heavy atom. The zero-order valence-electron chi connectivity index (χ0n) is 19.2. The molecule has 0 unspecified atom stereocenters. The number of pyridine rings is 1. The maximum Gasteiger partial charge on any atom is 0.270 e. The van der Waals surface area contributed by atoms with E-state index in [1.807, 2.05) is 36.4 Å². The van der Waals surface area contributed by atoms with Crippen LogP contribution in [0.15, 0.2) is 65.2 Å². The number of rotatable bonds is 8. The molecule has 0 radical (unpaired) electrons. The maximum atomic E-state index is 11.2. The molecule has 35 heavy (non-hydrogen) atoms. The number of aromatic nitrogens is 1. The molecule has 2 atom stereocenters. The van der Waals surface area contributed by atoms with Gasteiger partial charge in [-0.2, -0.15) is 0 Å². The Morgan fingerprint density at radius 1 is 1.11 bits per heavy atom. The highest BCUT2D eigenvalue weighted by molar-refractivity contribution is 7.80. The lowest BCUT2D eigenvalue weighted by Gasteiger charge is -2.29. The fourth-order valence-electron chi connectivity index (χ4n) is 4.68. The van der Waals surface area contributed by atoms with Gasteiger partial charge in [0.05, 0.1) is 29.9 Å². The minimum absolute atomic E-state index is 0.0280. The van der Waals surface area contributed by atoms with Crippen LogP contribution in [0.2, 0.25) is 0 Å². The van der Waals surface area contributed by atoms with Gasteiger partial charge < -0.3 is 19.4 Å². The highest BCUT2D eigenvalue weighted by Crippen LogP contribution is 2.40. The van der Waals surface area contributed by atoms with E-state index in [1.54, 1.807) is 12.3 Å². The molecule has 1 aromatic carbocycles. The van der Waals surface area contributed by atoms with Crippen LogP contribution in [0.1, 0.15) is 30.0 Å². The van der Waals surface area contributed by atoms with Gasteiger partial charge in [-0.1, -0.05) is 18.2 Å². The van der Waals surface area contributed by atoms with Crippen LogP contribution in [-0.4, -0.2) is 64.2 Å². The predicted octanol–water partition coefficient (Wildman–Crippen LogP) is 3.94. The number of benzene rings is 1. The molecular formula is C25H27N5O4S. The zero-order chi connectivity index (χ0) is 24.2. The second kappa shape index (κ2) is 10.5. The Hall–Kier alpha value is -3.34. The average Bonchev–Trinajstić information content (AvgIpc) is 3.50. The van der Waals surface area contributed by atoms with Crippen molar-refractivity contribution >= 4 is 23.0 Å². The van der Waals surface area contributed by atoms with E-state index in [1.165, 1.54) is 12.1 Å². The van der Waals surface area contributed by atoms with Gasteiger partial charge in [0.2, 0.25) is 0 Å². The molecular weight excluding hydrogens is 466 g/mol. The maximum absolute atomic E-state index is 11.2. The summed E-state index contributed by atoms with van der Waals surface area (Å²) >= 11 is 5.75. The van der Waals surface area contributed by atoms with Crippen molar-refractivity contribution in [1.82, 2.24) is 20.1 Å². The van der Waals surface area contributed by atoms with Crippen molar-refractivity contribution in [3.05, 3.63) is 82.4 Å². The van der Waals surface area contributed by atoms with Crippen LogP contribution < -0.4 is 5.32 Å². The van der Waals surface area contributed by atoms with Crippen molar-refractivity contribution < 1.29 is 14.1 Å². The quantitative estimate of drug-likeness (QED) is 0.284. The van der Waals surface area contributed by atoms with Crippen LogP contribution in [0.5, 0.6) is 0 Å². The van der Waals surface area contributed by atoms with E-state index in [2.05, 4.69) is 20.1 Å². The summed E-state index contributed by atoms with van der Waals surface area (Å²) in [5.41, 5.74) is 1.57. The molecule has 3 aromatic rings. The Kier molecular flexibility index (Phi) is 7.03. The first-order valence-corrected chi connectivity index (χ1v) is 12.1. The lowest BCUT2D eigenvalue weighted by molar-refractivity contribution is -0.384. The normalized spacial score (nSPS) is 20.7. The predicted molar refractivity (Wildman–Crippen MR) is 135 cm³/mol. The van der Waals surface area contributed by atoms with E-state index in [-0.39, 0.29) is 17.8 Å². The number of thiocarbonyl (C=S) groups is 1. The van der Waals surface area contributed by atoms with Crippen LogP contribution in [0, 0.1) is 10.1 Å². The van der Waals surface area contributed by atoms with Crippen molar-refractivity contribution in [2.24, 2.45) is 0 Å². The van der Waals surface area contributed by atoms with Gasteiger partial charge >= 0.3 is 0 Å². The molecule has 2 saturated heterocycles. The van der Waals surface area contributed by atoms with Crippen LogP contribution in [0.4, 0.5) is 5.69 Å². The number of furan rings is 1. The summed E-state index contributed by atoms with van der Waals surface area (Å²) < 4.78 is 11.8. The number of nitrogens with zero attached hydrogens (tertiary/aromatic N) is 4. The number of non-ortho nitro benzene ring substituents is 1. The minimum atomic E-state index is -0.403. The summed E-state index contributed by atoms with van der Waals surface area (Å²) in [6, 6.07) is 15.7. The highest BCUT2D eigenvalue weighted by Gasteiger charge is 2.41. The fourth-order valence-corrected chi connectivity index (χ4v) is 5.02. The first kappa shape index (κ1) is 23.4. The van der Waals surface area contributed by atoms with Gasteiger partial charge in [-0.15, -0.1) is 0 Å². The number of ether oxygens (including phenoxy) is 1. The van der Waals surface area contributed by atoms with Crippen molar-refractivity contribution in [2.75, 3.05) is 39.4 Å². The highest BCUT2D eigenvalue weighted by atomic mass is 32.1. The van der Waals surface area contributed by atoms with E-state index >= 15 is 0 Å². The second-order valence-corrected chi connectivity index (χ2v) is 9.02. The summed E-state index contributed by atoms with van der Waals surface area (Å²) in [5.74, 6) is 1.32. The van der Waals surface area contributed by atoms with E-state index in [0.29, 0.717) is 16.4 Å². The molecule has 0 amide bonds. The Morgan fingerprint density at radius 3 is 2.74 bits per heavy atom. The third-order valence-corrected chi connectivity index (χ3v) is 6.79. The molecule has 0 spiro atoms. The first-order chi connectivity index (χ1) is 17.1. The van der Waals surface area contributed by atoms with Crippen LogP contribution in [-0.2, 0) is 4.74 Å². The molecule has 5 rings (SSSR count). The van der Waals surface area contributed by atoms with Crippen LogP contribution in [0.25, 0.3) is 11.3 Å². The standard InChI is InChI=1S/C25H27N5O4S/c31-30(32)19-6-3-5-18(17-19)21-8-9-22(34-21)24-23(20-7-1-2-10-26-20)27-25(35)29(24)12-4-11-28-13-15-33-16-14-28/h1-3,5-10,17,23-24H,4,11-16H2,(H,27,35)/t23-,24-/m0/s1. The van der Waals surface area contributed by atoms with Gasteiger partial charge in [-0.25, -0.2) is 0 Å². The lowest BCUT2D eigenvalue weighted by atomic mass is 10.0. The number of hydrogen-bond acceptors (Lipinski definition) is 7. The molecule has 2 aliphatic heterocycles. The van der Waals surface area contributed by atoms with Crippen LogP contribution in [0.3, 0.4) is 0 Å². The zero-order valence-corrected chi connectivity index (χ0v) is 20.0. The minimum Gasteiger partial charge on any atom is -0.459 e. The molecule has 1 N–H and O–H groups in total. The molecule has 0 aliphatic carbocycles. The first-order valence-electron chi connectivity index (χ1n) is 11.7. The van der Waals surface area contributed by atoms with E-state index in [9.17, 15) is 10.1 Å². The Labute approximate surface area is 208 Å². The third-order valence-electron chi connectivity index (χ3n) is 6.43. The van der Waals surface area contributed by atoms with Gasteiger partial charge in [0.15, 0.2) is 5.11 Å². The van der Waals surface area contributed by atoms with Gasteiger partial charge in [0.1, 0.15) is 17.6 Å². The molecule has 2 fully saturated rings. The summed E-state index contributed by atoms with van der Waals surface area (Å²) in [7, 11) is 0. The summed E-state index contributed by atoms with van der Waals surface area (Å²) in [6.45, 7) is 5.20. The van der Waals surface area contributed by atoms with Gasteiger partial charge in [0.25, 0.3) is 5.69 Å². The number of morpholine rings is 1. The van der Waals surface area contributed by atoms with Gasteiger partial charge in [0, 0.05) is 50.1 Å². The van der Waals surface area contributed by atoms with Crippen molar-refractivity contribution in [3.8, 4) is 11.3 Å². The van der Waals surface area contributed by atoms with E-state index in [0.717, 1.165) is 57.3 Å². The number of nitro benzene ring substituents is 1. The largest absolute Gasteiger partial charge is 0.459 e. The summed E-state index contributed by atoms with van der Waals surface area (Å²) in [6.07, 6.45) is 2.72. The Bertz CT molecular complexity index is 1180. The number of nitro groups is 1. The molecule has 9 nitrogen and oxygen atoms in total. The SMILES string of the molecule is O=[N+]([O-])c1cccc(-c2ccc([C@H]3[C@H](c4ccccn4)NC(=S)N3CCCN3CCOCC3)o2)c1. The molecule has 4 heterocycles. The monoisotopic (exact) mass is 493 g/mol. The molecule has 0 saturated carbocycles. The van der Waals surface area contributed by atoms with Crippen molar-refractivity contribution in [3.63, 3.8) is 0 Å². The molecule has 182 valence electrons. The van der Waals surface area contributed by atoms with Crippen molar-refractivity contribution in [1.29, 1.82) is 0 Å². The lowest BCUT2D eigenvalue weighted by Crippen LogP contribution is -2.38. The van der Waals surface area contributed by atoms with Crippen LogP contribution >= 0.6 is 12.2 Å². The topological polar surface area (TPSA) is 96.9 Å². The molecule has 2 aromatic heterocycles. The van der Waals surface area contributed by atoms with E-state index in [4.69, 9.17) is 21.4 Å². The van der Waals surface area contributed by atoms with Gasteiger partial charge in [-0.05, 0) is 42.9 Å². The molecule has 2 aliphatic rings. The number of hydrogen-bond donors (Lipinski definition) is 1. The molecule has 10 heteroatoms. The summed E-state index contributed by atoms with van der Waals surface area (Å²) in [4.78, 5) is 20.0. The number of nitrogens with one attached hydrogen (secondary N) is 1.